The number of piperazine rings is 1. The van der Waals surface area contributed by atoms with Crippen LogP contribution in [0.15, 0.2) is 10.3 Å². The minimum Gasteiger partial charge on any atom is -0.391 e. The van der Waals surface area contributed by atoms with E-state index in [2.05, 4.69) is 9.73 Å². The van der Waals surface area contributed by atoms with E-state index in [1.807, 2.05) is 7.05 Å². The molecule has 0 saturated carbocycles. The normalized spacial score (nSPS) is 18.9. The van der Waals surface area contributed by atoms with Crippen LogP contribution >= 0.6 is 11.3 Å². The summed E-state index contributed by atoms with van der Waals surface area (Å²) in [6.07, 6.45) is 0. The van der Waals surface area contributed by atoms with Crippen LogP contribution < -0.4 is 4.83 Å². The molecule has 1 aromatic heterocycles. The third-order valence-electron chi connectivity index (χ3n) is 3.15. The molecule has 0 unspecified atom stereocenters. The lowest BCUT2D eigenvalue weighted by atomic mass is 10.3. The first-order valence-electron chi connectivity index (χ1n) is 6.08. The van der Waals surface area contributed by atoms with Gasteiger partial charge in [0.1, 0.15) is 4.90 Å². The fourth-order valence-corrected chi connectivity index (χ4v) is 4.86. The average Bonchev–Trinajstić information content (AvgIpc) is 2.74. The minimum absolute atomic E-state index is 0.221. The number of likely N-dealkylation sites (N-methyl/N-ethyl adjacent to an activating group) is 1. The Bertz CT molecular complexity index is 533. The van der Waals surface area contributed by atoms with Gasteiger partial charge in [-0.25, -0.2) is 13.4 Å². The van der Waals surface area contributed by atoms with Gasteiger partial charge in [0.25, 0.3) is 10.0 Å². The molecular weight excluding hydrogens is 286 g/mol. The summed E-state index contributed by atoms with van der Waals surface area (Å²) in [6, 6.07) is 0. The lowest BCUT2D eigenvalue weighted by Crippen LogP contribution is -2.52. The van der Waals surface area contributed by atoms with Crippen molar-refractivity contribution in [3.05, 3.63) is 15.8 Å². The molecule has 0 radical (unpaired) electrons. The van der Waals surface area contributed by atoms with Crippen molar-refractivity contribution in [2.45, 2.75) is 18.4 Å². The molecular formula is C11H19N3O3S2. The predicted octanol–water partition coefficient (Wildman–Crippen LogP) is -0.0105. The van der Waals surface area contributed by atoms with Gasteiger partial charge in [-0.05, 0) is 24.9 Å². The Labute approximate surface area is 117 Å². The van der Waals surface area contributed by atoms with Gasteiger partial charge in [0.05, 0.1) is 11.5 Å². The number of hydrogen-bond donors (Lipinski definition) is 2. The highest BCUT2D eigenvalue weighted by atomic mass is 32.2. The second-order valence-electron chi connectivity index (χ2n) is 4.71. The monoisotopic (exact) mass is 305 g/mol. The maximum atomic E-state index is 12.4. The zero-order valence-electron chi connectivity index (χ0n) is 11.1. The van der Waals surface area contributed by atoms with Crippen molar-refractivity contribution in [2.75, 3.05) is 33.2 Å². The Kier molecular flexibility index (Phi) is 4.59. The number of thiophene rings is 1. The molecule has 1 saturated heterocycles. The number of nitrogens with one attached hydrogen (secondary N) is 1. The van der Waals surface area contributed by atoms with Gasteiger partial charge in [-0.2, -0.15) is 0 Å². The van der Waals surface area contributed by atoms with Crippen molar-refractivity contribution in [3.8, 4) is 0 Å². The first-order chi connectivity index (χ1) is 8.94. The summed E-state index contributed by atoms with van der Waals surface area (Å²) in [5.41, 5.74) is 0.677. The Balaban J connectivity index is 2.16. The molecule has 1 aliphatic heterocycles. The Hall–Kier alpha value is -0.510. The number of hydrazine groups is 1. The van der Waals surface area contributed by atoms with Crippen LogP contribution in [0.5, 0.6) is 0 Å². The molecule has 1 fully saturated rings. The van der Waals surface area contributed by atoms with Crippen LogP contribution in [0.3, 0.4) is 0 Å². The molecule has 2 heterocycles. The van der Waals surface area contributed by atoms with Crippen LogP contribution in [0.2, 0.25) is 0 Å². The highest BCUT2D eigenvalue weighted by Crippen LogP contribution is 2.26. The quantitative estimate of drug-likeness (QED) is 0.818. The molecule has 1 aromatic rings. The molecule has 2 rings (SSSR count). The van der Waals surface area contributed by atoms with Crippen LogP contribution in [-0.2, 0) is 16.6 Å². The molecule has 108 valence electrons. The molecule has 2 N–H and O–H groups in total. The highest BCUT2D eigenvalue weighted by Gasteiger charge is 2.26. The zero-order valence-corrected chi connectivity index (χ0v) is 12.7. The number of aliphatic hydroxyl groups excluding tert-OH is 1. The van der Waals surface area contributed by atoms with E-state index >= 15 is 0 Å². The van der Waals surface area contributed by atoms with Crippen molar-refractivity contribution >= 4 is 21.4 Å². The standard InChI is InChI=1S/C11H19N3O3S2/c1-9-8-18-10(7-15)11(9)19(16,17)12-14-5-3-13(2)4-6-14/h8,12,15H,3-7H2,1-2H3. The second-order valence-corrected chi connectivity index (χ2v) is 7.28. The van der Waals surface area contributed by atoms with E-state index in [1.165, 1.54) is 11.3 Å². The summed E-state index contributed by atoms with van der Waals surface area (Å²) in [5, 5.41) is 12.7. The van der Waals surface area contributed by atoms with Gasteiger partial charge in [-0.15, -0.1) is 16.2 Å². The van der Waals surface area contributed by atoms with Crippen LogP contribution in [0.4, 0.5) is 0 Å². The van der Waals surface area contributed by atoms with Gasteiger partial charge in [-0.3, -0.25) is 0 Å². The smallest absolute Gasteiger partial charge is 0.254 e. The molecule has 8 heteroatoms. The van der Waals surface area contributed by atoms with E-state index in [4.69, 9.17) is 0 Å². The van der Waals surface area contributed by atoms with Crippen LogP contribution in [-0.4, -0.2) is 56.7 Å². The molecule has 19 heavy (non-hydrogen) atoms. The third-order valence-corrected chi connectivity index (χ3v) is 5.98. The Morgan fingerprint density at radius 3 is 2.58 bits per heavy atom. The Morgan fingerprint density at radius 1 is 1.37 bits per heavy atom. The molecule has 0 aromatic carbocycles. The third kappa shape index (κ3) is 3.33. The fraction of sp³-hybridized carbons (Fsp3) is 0.636. The van der Waals surface area contributed by atoms with Crippen LogP contribution in [0.1, 0.15) is 10.4 Å². The van der Waals surface area contributed by atoms with Crippen LogP contribution in [0.25, 0.3) is 0 Å². The van der Waals surface area contributed by atoms with Gasteiger partial charge in [0.15, 0.2) is 0 Å². The minimum atomic E-state index is -3.60. The molecule has 0 amide bonds. The van der Waals surface area contributed by atoms with E-state index in [0.29, 0.717) is 23.5 Å². The van der Waals surface area contributed by atoms with Crippen molar-refractivity contribution in [1.29, 1.82) is 0 Å². The summed E-state index contributed by atoms with van der Waals surface area (Å²) < 4.78 is 24.7. The number of hydrogen-bond acceptors (Lipinski definition) is 6. The number of aliphatic hydroxyl groups is 1. The van der Waals surface area contributed by atoms with E-state index < -0.39 is 10.0 Å². The summed E-state index contributed by atoms with van der Waals surface area (Å²) in [5.74, 6) is 0. The van der Waals surface area contributed by atoms with Gasteiger partial charge < -0.3 is 10.0 Å². The zero-order chi connectivity index (χ0) is 14.0. The highest BCUT2D eigenvalue weighted by molar-refractivity contribution is 7.89. The van der Waals surface area contributed by atoms with E-state index in [-0.39, 0.29) is 11.5 Å². The average molecular weight is 305 g/mol. The summed E-state index contributed by atoms with van der Waals surface area (Å²) in [6.45, 7) is 4.47. The van der Waals surface area contributed by atoms with Gasteiger partial charge >= 0.3 is 0 Å². The van der Waals surface area contributed by atoms with Crippen LogP contribution in [0, 0.1) is 6.92 Å². The number of rotatable bonds is 4. The lowest BCUT2D eigenvalue weighted by molar-refractivity contribution is 0.134. The lowest BCUT2D eigenvalue weighted by Gasteiger charge is -2.32. The van der Waals surface area contributed by atoms with Crippen molar-refractivity contribution in [3.63, 3.8) is 0 Å². The SMILES string of the molecule is Cc1csc(CO)c1S(=O)(=O)NN1CCN(C)CC1. The molecule has 0 spiro atoms. The van der Waals surface area contributed by atoms with Gasteiger partial charge in [-0.1, -0.05) is 0 Å². The molecule has 0 bridgehead atoms. The largest absolute Gasteiger partial charge is 0.391 e. The van der Waals surface area contributed by atoms with Gasteiger partial charge in [0, 0.05) is 26.2 Å². The van der Waals surface area contributed by atoms with Crippen molar-refractivity contribution < 1.29 is 13.5 Å². The van der Waals surface area contributed by atoms with E-state index in [9.17, 15) is 13.5 Å². The van der Waals surface area contributed by atoms with E-state index in [0.717, 1.165) is 13.1 Å². The molecule has 1 aliphatic rings. The fourth-order valence-electron chi connectivity index (χ4n) is 2.07. The summed E-state index contributed by atoms with van der Waals surface area (Å²) >= 11 is 1.27. The Morgan fingerprint density at radius 2 is 2.00 bits per heavy atom. The van der Waals surface area contributed by atoms with Crippen molar-refractivity contribution in [1.82, 2.24) is 14.7 Å². The number of nitrogens with zero attached hydrogens (tertiary/aromatic N) is 2. The first kappa shape index (κ1) is 14.9. The maximum absolute atomic E-state index is 12.4. The molecule has 0 aliphatic carbocycles. The summed E-state index contributed by atoms with van der Waals surface area (Å²) in [4.78, 5) is 5.47. The predicted molar refractivity (Wildman–Crippen MR) is 74.4 cm³/mol. The number of aryl methyl sites for hydroxylation is 1. The topological polar surface area (TPSA) is 72.9 Å². The molecule has 0 atom stereocenters. The van der Waals surface area contributed by atoms with E-state index in [1.54, 1.807) is 17.3 Å². The maximum Gasteiger partial charge on any atom is 0.254 e. The molecule has 6 nitrogen and oxygen atoms in total. The number of sulfonamides is 1. The van der Waals surface area contributed by atoms with Gasteiger partial charge in [0.2, 0.25) is 0 Å². The van der Waals surface area contributed by atoms with Crippen molar-refractivity contribution in [2.24, 2.45) is 0 Å². The second kappa shape index (κ2) is 5.86. The first-order valence-corrected chi connectivity index (χ1v) is 8.44. The summed E-state index contributed by atoms with van der Waals surface area (Å²) in [7, 11) is -1.59.